The van der Waals surface area contributed by atoms with Gasteiger partial charge >= 0.3 is 6.09 Å². The first kappa shape index (κ1) is 15.1. The highest BCUT2D eigenvalue weighted by atomic mass is 79.9. The van der Waals surface area contributed by atoms with E-state index in [9.17, 15) is 4.79 Å². The molecule has 1 amide bonds. The van der Waals surface area contributed by atoms with Gasteiger partial charge in [0.2, 0.25) is 5.88 Å². The van der Waals surface area contributed by atoms with Crippen LogP contribution in [0.15, 0.2) is 22.8 Å². The van der Waals surface area contributed by atoms with Crippen LogP contribution >= 0.6 is 15.9 Å². The van der Waals surface area contributed by atoms with Crippen molar-refractivity contribution < 1.29 is 14.3 Å². The second-order valence-corrected chi connectivity index (χ2v) is 6.70. The Balaban J connectivity index is 1.73. The summed E-state index contributed by atoms with van der Waals surface area (Å²) in [6.07, 6.45) is 2.93. The number of hydrogen-bond donors (Lipinski definition) is 1. The molecule has 1 aromatic heterocycles. The minimum Gasteiger partial charge on any atom is -0.473 e. The van der Waals surface area contributed by atoms with E-state index in [2.05, 4.69) is 26.2 Å². The molecule has 0 bridgehead atoms. The monoisotopic (exact) mass is 342 g/mol. The molecule has 0 radical (unpaired) electrons. The van der Waals surface area contributed by atoms with Crippen LogP contribution in [0.2, 0.25) is 0 Å². The molecule has 0 unspecified atom stereocenters. The van der Waals surface area contributed by atoms with Gasteiger partial charge in [-0.2, -0.15) is 0 Å². The number of alkyl carbamates (subject to hydrolysis) is 1. The highest BCUT2D eigenvalue weighted by molar-refractivity contribution is 9.10. The number of carbonyl (C=O) groups excluding carboxylic acids is 1. The second kappa shape index (κ2) is 5.99. The predicted molar refractivity (Wildman–Crippen MR) is 78.7 cm³/mol. The molecule has 20 heavy (non-hydrogen) atoms. The number of amides is 1. The highest BCUT2D eigenvalue weighted by Crippen LogP contribution is 2.29. The first-order valence-corrected chi connectivity index (χ1v) is 7.39. The fraction of sp³-hybridized carbons (Fsp3) is 0.571. The van der Waals surface area contributed by atoms with Crippen molar-refractivity contribution in [2.45, 2.75) is 51.4 Å². The molecule has 5 nitrogen and oxygen atoms in total. The van der Waals surface area contributed by atoms with Crippen LogP contribution in [-0.4, -0.2) is 28.8 Å². The number of aromatic nitrogens is 1. The second-order valence-electron chi connectivity index (χ2n) is 5.84. The van der Waals surface area contributed by atoms with Gasteiger partial charge in [0.05, 0.1) is 4.47 Å². The predicted octanol–water partition coefficient (Wildman–Crippen LogP) is 3.28. The Kier molecular flexibility index (Phi) is 4.52. The summed E-state index contributed by atoms with van der Waals surface area (Å²) in [6, 6.07) is 3.83. The van der Waals surface area contributed by atoms with Crippen molar-refractivity contribution in [3.05, 3.63) is 22.8 Å². The van der Waals surface area contributed by atoms with Crippen molar-refractivity contribution in [1.29, 1.82) is 0 Å². The van der Waals surface area contributed by atoms with E-state index >= 15 is 0 Å². The van der Waals surface area contributed by atoms with Crippen molar-refractivity contribution >= 4 is 22.0 Å². The van der Waals surface area contributed by atoms with E-state index in [1.807, 2.05) is 32.9 Å². The van der Waals surface area contributed by atoms with Gasteiger partial charge in [-0.25, -0.2) is 9.78 Å². The van der Waals surface area contributed by atoms with Crippen molar-refractivity contribution in [2.24, 2.45) is 0 Å². The van der Waals surface area contributed by atoms with Gasteiger partial charge in [-0.15, -0.1) is 0 Å². The molecule has 1 N–H and O–H groups in total. The van der Waals surface area contributed by atoms with Crippen LogP contribution in [0.25, 0.3) is 0 Å². The van der Waals surface area contributed by atoms with Crippen LogP contribution in [0.1, 0.15) is 33.6 Å². The van der Waals surface area contributed by atoms with Crippen molar-refractivity contribution in [1.82, 2.24) is 10.3 Å². The van der Waals surface area contributed by atoms with Crippen LogP contribution in [0.3, 0.4) is 0 Å². The maximum atomic E-state index is 11.6. The Morgan fingerprint density at radius 3 is 2.75 bits per heavy atom. The molecule has 0 aromatic carbocycles. The summed E-state index contributed by atoms with van der Waals surface area (Å²) in [5.74, 6) is 0.591. The number of carbonyl (C=O) groups is 1. The number of nitrogens with one attached hydrogen (secondary N) is 1. The van der Waals surface area contributed by atoms with E-state index in [4.69, 9.17) is 9.47 Å². The van der Waals surface area contributed by atoms with Crippen LogP contribution < -0.4 is 10.1 Å². The van der Waals surface area contributed by atoms with E-state index in [0.717, 1.165) is 17.3 Å². The Morgan fingerprint density at radius 2 is 2.15 bits per heavy atom. The van der Waals surface area contributed by atoms with Gasteiger partial charge in [0.1, 0.15) is 11.7 Å². The minimum atomic E-state index is -0.470. The van der Waals surface area contributed by atoms with E-state index in [0.29, 0.717) is 5.88 Å². The van der Waals surface area contributed by atoms with Crippen LogP contribution in [-0.2, 0) is 4.74 Å². The van der Waals surface area contributed by atoms with Crippen LogP contribution in [0.4, 0.5) is 4.79 Å². The molecule has 0 saturated heterocycles. The number of ether oxygens (including phenoxy) is 2. The molecule has 0 atom stereocenters. The van der Waals surface area contributed by atoms with Crippen LogP contribution in [0.5, 0.6) is 5.88 Å². The van der Waals surface area contributed by atoms with Crippen molar-refractivity contribution in [3.8, 4) is 5.88 Å². The molecule has 1 saturated carbocycles. The molecule has 0 spiro atoms. The quantitative estimate of drug-likeness (QED) is 0.915. The molecule has 1 aliphatic carbocycles. The van der Waals surface area contributed by atoms with E-state index < -0.39 is 5.60 Å². The van der Waals surface area contributed by atoms with Gasteiger partial charge in [0.15, 0.2) is 0 Å². The fourth-order valence-corrected chi connectivity index (χ4v) is 2.22. The Bertz CT molecular complexity index is 482. The van der Waals surface area contributed by atoms with Gasteiger partial charge in [-0.1, -0.05) is 0 Å². The molecule has 1 heterocycles. The number of halogens is 1. The van der Waals surface area contributed by atoms with Gasteiger partial charge < -0.3 is 14.8 Å². The Labute approximate surface area is 127 Å². The molecule has 1 aliphatic rings. The largest absolute Gasteiger partial charge is 0.473 e. The average Bonchev–Trinajstić information content (AvgIpc) is 2.26. The zero-order chi connectivity index (χ0) is 14.8. The first-order valence-electron chi connectivity index (χ1n) is 6.60. The maximum Gasteiger partial charge on any atom is 0.407 e. The lowest BCUT2D eigenvalue weighted by molar-refractivity contribution is 0.0353. The molecular weight excluding hydrogens is 324 g/mol. The normalized spacial score (nSPS) is 21.8. The lowest BCUT2D eigenvalue weighted by atomic mass is 9.89. The zero-order valence-corrected chi connectivity index (χ0v) is 13.4. The number of nitrogens with zero attached hydrogens (tertiary/aromatic N) is 1. The Morgan fingerprint density at radius 1 is 1.45 bits per heavy atom. The molecule has 1 fully saturated rings. The zero-order valence-electron chi connectivity index (χ0n) is 11.9. The standard InChI is InChI=1S/C14H19BrN2O3/c1-14(2,3)20-13(18)17-9-7-10(8-9)19-12-11(15)5-4-6-16-12/h4-6,9-10H,7-8H2,1-3H3,(H,17,18)/t9-,10+. The fourth-order valence-electron chi connectivity index (χ4n) is 1.87. The summed E-state index contributed by atoms with van der Waals surface area (Å²) in [5, 5.41) is 2.83. The molecule has 6 heteroatoms. The van der Waals surface area contributed by atoms with Gasteiger partial charge in [-0.3, -0.25) is 0 Å². The van der Waals surface area contributed by atoms with E-state index in [1.54, 1.807) is 6.20 Å². The lowest BCUT2D eigenvalue weighted by Crippen LogP contribution is -2.50. The number of hydrogen-bond acceptors (Lipinski definition) is 4. The lowest BCUT2D eigenvalue weighted by Gasteiger charge is -2.35. The summed E-state index contributed by atoms with van der Waals surface area (Å²) >= 11 is 3.39. The SMILES string of the molecule is CC(C)(C)OC(=O)N[C@H]1C[C@@H](Oc2ncccc2Br)C1. The molecule has 1 aromatic rings. The van der Waals surface area contributed by atoms with Crippen molar-refractivity contribution in [2.75, 3.05) is 0 Å². The molecule has 2 rings (SSSR count). The van der Waals surface area contributed by atoms with Gasteiger partial charge in [0, 0.05) is 25.1 Å². The third-order valence-corrected chi connectivity index (χ3v) is 3.42. The summed E-state index contributed by atoms with van der Waals surface area (Å²) in [5.41, 5.74) is -0.470. The summed E-state index contributed by atoms with van der Waals surface area (Å²) in [4.78, 5) is 15.7. The topological polar surface area (TPSA) is 60.5 Å². The minimum absolute atomic E-state index is 0.0844. The number of rotatable bonds is 3. The Hall–Kier alpha value is -1.30. The highest BCUT2D eigenvalue weighted by Gasteiger charge is 2.33. The molecule has 0 aliphatic heterocycles. The van der Waals surface area contributed by atoms with Gasteiger partial charge in [0.25, 0.3) is 0 Å². The smallest absolute Gasteiger partial charge is 0.407 e. The summed E-state index contributed by atoms with van der Waals surface area (Å²) < 4.78 is 11.8. The van der Waals surface area contributed by atoms with Crippen LogP contribution in [0, 0.1) is 0 Å². The summed E-state index contributed by atoms with van der Waals surface area (Å²) in [6.45, 7) is 5.54. The molecule has 110 valence electrons. The number of pyridine rings is 1. The third-order valence-electron chi connectivity index (χ3n) is 2.82. The summed E-state index contributed by atoms with van der Waals surface area (Å²) in [7, 11) is 0. The van der Waals surface area contributed by atoms with Crippen molar-refractivity contribution in [3.63, 3.8) is 0 Å². The van der Waals surface area contributed by atoms with Gasteiger partial charge in [-0.05, 0) is 48.8 Å². The molecular formula is C14H19BrN2O3. The van der Waals surface area contributed by atoms with E-state index in [-0.39, 0.29) is 18.2 Å². The average molecular weight is 343 g/mol. The first-order chi connectivity index (χ1) is 9.33. The third kappa shape index (κ3) is 4.37. The maximum absolute atomic E-state index is 11.6. The van der Waals surface area contributed by atoms with E-state index in [1.165, 1.54) is 0 Å².